The Kier molecular flexibility index (Phi) is 2.94. The van der Waals surface area contributed by atoms with Crippen molar-refractivity contribution in [1.82, 2.24) is 0 Å². The summed E-state index contributed by atoms with van der Waals surface area (Å²) in [7, 11) is 0. The summed E-state index contributed by atoms with van der Waals surface area (Å²) >= 11 is 0. The number of hydrogen-bond acceptors (Lipinski definition) is 5. The third-order valence-electron chi connectivity index (χ3n) is 2.03. The molecule has 0 aliphatic carbocycles. The Morgan fingerprint density at radius 2 is 1.67 bits per heavy atom. The maximum Gasteiger partial charge on any atom is 0.163 e. The van der Waals surface area contributed by atoms with E-state index in [-0.39, 0.29) is 34.1 Å². The number of aromatic hydroxyl groups is 2. The average Bonchev–Trinajstić information content (AvgIpc) is 2.16. The predicted molar refractivity (Wildman–Crippen MR) is 53.8 cm³/mol. The first-order valence-electron chi connectivity index (χ1n) is 4.23. The Labute approximate surface area is 86.3 Å². The molecule has 80 valence electrons. The lowest BCUT2D eigenvalue weighted by Gasteiger charge is -2.06. The molecule has 0 spiro atoms. The average molecular weight is 209 g/mol. The predicted octanol–water partition coefficient (Wildman–Crippen LogP) is 1.50. The van der Waals surface area contributed by atoms with Crippen molar-refractivity contribution in [3.8, 4) is 11.5 Å². The molecule has 1 aromatic carbocycles. The number of carbonyl (C=O) groups is 1. The van der Waals surface area contributed by atoms with Crippen LogP contribution in [0.1, 0.15) is 29.8 Å². The van der Waals surface area contributed by atoms with Crippen LogP contribution in [-0.2, 0) is 0 Å². The van der Waals surface area contributed by atoms with Crippen LogP contribution >= 0.6 is 0 Å². The van der Waals surface area contributed by atoms with Crippen LogP contribution in [0.3, 0.4) is 0 Å². The number of oxime groups is 1. The first kappa shape index (κ1) is 11.0. The number of benzene rings is 1. The fourth-order valence-electron chi connectivity index (χ4n) is 1.20. The molecule has 5 nitrogen and oxygen atoms in total. The lowest BCUT2D eigenvalue weighted by Crippen LogP contribution is -2.00. The summed E-state index contributed by atoms with van der Waals surface area (Å²) in [6.07, 6.45) is 0. The zero-order chi connectivity index (χ0) is 11.6. The van der Waals surface area contributed by atoms with E-state index in [9.17, 15) is 15.0 Å². The van der Waals surface area contributed by atoms with Crippen LogP contribution in [0.5, 0.6) is 11.5 Å². The van der Waals surface area contributed by atoms with Gasteiger partial charge in [-0.1, -0.05) is 5.16 Å². The van der Waals surface area contributed by atoms with E-state index in [1.165, 1.54) is 19.9 Å². The second kappa shape index (κ2) is 4.00. The molecule has 15 heavy (non-hydrogen) atoms. The minimum absolute atomic E-state index is 0.0748. The first-order chi connectivity index (χ1) is 6.97. The number of Topliss-reactive ketones (excluding diaryl/α,β-unsaturated/α-hetero) is 1. The van der Waals surface area contributed by atoms with E-state index in [4.69, 9.17) is 5.21 Å². The van der Waals surface area contributed by atoms with Crippen LogP contribution in [-0.4, -0.2) is 26.9 Å². The van der Waals surface area contributed by atoms with Crippen LogP contribution < -0.4 is 0 Å². The zero-order valence-corrected chi connectivity index (χ0v) is 8.35. The summed E-state index contributed by atoms with van der Waals surface area (Å²) in [4.78, 5) is 11.1. The normalized spacial score (nSPS) is 11.5. The Morgan fingerprint density at radius 1 is 1.13 bits per heavy atom. The fourth-order valence-corrected chi connectivity index (χ4v) is 1.20. The van der Waals surface area contributed by atoms with Crippen molar-refractivity contribution >= 4 is 11.5 Å². The van der Waals surface area contributed by atoms with Crippen LogP contribution in [0.4, 0.5) is 0 Å². The number of phenols is 2. The summed E-state index contributed by atoms with van der Waals surface area (Å²) in [5.41, 5.74) is 0.446. The maximum atomic E-state index is 11.1. The van der Waals surface area contributed by atoms with Gasteiger partial charge in [-0.3, -0.25) is 4.79 Å². The second-order valence-electron chi connectivity index (χ2n) is 3.13. The zero-order valence-electron chi connectivity index (χ0n) is 8.35. The Morgan fingerprint density at radius 3 is 2.13 bits per heavy atom. The van der Waals surface area contributed by atoms with E-state index in [2.05, 4.69) is 5.16 Å². The number of carbonyl (C=O) groups excluding carboxylic acids is 1. The van der Waals surface area contributed by atoms with Gasteiger partial charge in [0.1, 0.15) is 11.5 Å². The summed E-state index contributed by atoms with van der Waals surface area (Å²) in [6.45, 7) is 2.76. The quantitative estimate of drug-likeness (QED) is 0.298. The molecule has 1 rings (SSSR count). The lowest BCUT2D eigenvalue weighted by molar-refractivity contribution is 0.101. The van der Waals surface area contributed by atoms with Gasteiger partial charge in [0.2, 0.25) is 0 Å². The van der Waals surface area contributed by atoms with E-state index in [1.807, 2.05) is 0 Å². The summed E-state index contributed by atoms with van der Waals surface area (Å²) < 4.78 is 0. The minimum atomic E-state index is -0.334. The minimum Gasteiger partial charge on any atom is -0.507 e. The molecule has 0 radical (unpaired) electrons. The third-order valence-corrected chi connectivity index (χ3v) is 2.03. The highest BCUT2D eigenvalue weighted by Crippen LogP contribution is 2.28. The van der Waals surface area contributed by atoms with Gasteiger partial charge in [0.15, 0.2) is 5.78 Å². The fraction of sp³-hybridized carbons (Fsp3) is 0.200. The molecule has 0 bridgehead atoms. The van der Waals surface area contributed by atoms with E-state index >= 15 is 0 Å². The molecule has 0 saturated heterocycles. The summed E-state index contributed by atoms with van der Waals surface area (Å²) in [5, 5.41) is 30.2. The van der Waals surface area contributed by atoms with Crippen LogP contribution in [0.2, 0.25) is 0 Å². The molecule has 0 aliphatic rings. The molecule has 0 saturated carbocycles. The molecule has 0 amide bonds. The van der Waals surface area contributed by atoms with E-state index in [0.29, 0.717) is 0 Å². The highest BCUT2D eigenvalue weighted by Gasteiger charge is 2.13. The Balaban J connectivity index is 3.43. The molecule has 5 heteroatoms. The number of rotatable bonds is 2. The molecular weight excluding hydrogens is 198 g/mol. The topological polar surface area (TPSA) is 90.1 Å². The van der Waals surface area contributed by atoms with Crippen molar-refractivity contribution in [2.75, 3.05) is 0 Å². The maximum absolute atomic E-state index is 11.1. The van der Waals surface area contributed by atoms with E-state index in [0.717, 1.165) is 6.07 Å². The van der Waals surface area contributed by atoms with Gasteiger partial charge in [-0.15, -0.1) is 0 Å². The largest absolute Gasteiger partial charge is 0.507 e. The standard InChI is InChI=1S/C10H11NO4/c1-5(11-15)7-3-8(6(2)12)10(14)4-9(7)13/h3-4,13-15H,1-2H3/b11-5+. The van der Waals surface area contributed by atoms with Gasteiger partial charge in [-0.25, -0.2) is 0 Å². The molecular formula is C10H11NO4. The lowest BCUT2D eigenvalue weighted by atomic mass is 10.0. The Bertz CT molecular complexity index is 437. The van der Waals surface area contributed by atoms with Crippen molar-refractivity contribution in [1.29, 1.82) is 0 Å². The smallest absolute Gasteiger partial charge is 0.163 e. The summed E-state index contributed by atoms with van der Waals surface area (Å²) in [5.74, 6) is -0.873. The summed E-state index contributed by atoms with van der Waals surface area (Å²) in [6, 6.07) is 2.32. The highest BCUT2D eigenvalue weighted by molar-refractivity contribution is 6.05. The van der Waals surface area contributed by atoms with Crippen molar-refractivity contribution in [3.63, 3.8) is 0 Å². The second-order valence-corrected chi connectivity index (χ2v) is 3.13. The third kappa shape index (κ3) is 2.07. The molecule has 0 unspecified atom stereocenters. The van der Waals surface area contributed by atoms with Crippen LogP contribution in [0.15, 0.2) is 17.3 Å². The molecule has 1 aromatic rings. The molecule has 0 fully saturated rings. The van der Waals surface area contributed by atoms with Crippen molar-refractivity contribution < 1.29 is 20.2 Å². The molecule has 0 aliphatic heterocycles. The van der Waals surface area contributed by atoms with Crippen molar-refractivity contribution in [2.45, 2.75) is 13.8 Å². The van der Waals surface area contributed by atoms with Gasteiger partial charge in [-0.05, 0) is 19.9 Å². The van der Waals surface area contributed by atoms with Gasteiger partial charge in [0.25, 0.3) is 0 Å². The monoisotopic (exact) mass is 209 g/mol. The van der Waals surface area contributed by atoms with E-state index < -0.39 is 0 Å². The highest BCUT2D eigenvalue weighted by atomic mass is 16.4. The molecule has 0 atom stereocenters. The van der Waals surface area contributed by atoms with Crippen molar-refractivity contribution in [3.05, 3.63) is 23.3 Å². The molecule has 0 heterocycles. The van der Waals surface area contributed by atoms with Crippen molar-refractivity contribution in [2.24, 2.45) is 5.16 Å². The number of ketones is 1. The van der Waals surface area contributed by atoms with Gasteiger partial charge in [0.05, 0.1) is 11.3 Å². The Hall–Kier alpha value is -2.04. The SMILES string of the molecule is CC(=O)c1cc(/C(C)=N/O)c(O)cc1O. The number of nitrogens with zero attached hydrogens (tertiary/aromatic N) is 1. The van der Waals surface area contributed by atoms with E-state index in [1.54, 1.807) is 0 Å². The van der Waals surface area contributed by atoms with Gasteiger partial charge in [-0.2, -0.15) is 0 Å². The molecule has 3 N–H and O–H groups in total. The molecule has 0 aromatic heterocycles. The first-order valence-corrected chi connectivity index (χ1v) is 4.23. The number of hydrogen-bond donors (Lipinski definition) is 3. The van der Waals surface area contributed by atoms with Gasteiger partial charge in [0, 0.05) is 11.6 Å². The van der Waals surface area contributed by atoms with Crippen LogP contribution in [0.25, 0.3) is 0 Å². The number of phenolic OH excluding ortho intramolecular Hbond substituents is 2. The van der Waals surface area contributed by atoms with Crippen LogP contribution in [0, 0.1) is 0 Å². The van der Waals surface area contributed by atoms with Gasteiger partial charge >= 0.3 is 0 Å². The van der Waals surface area contributed by atoms with Gasteiger partial charge < -0.3 is 15.4 Å².